The summed E-state index contributed by atoms with van der Waals surface area (Å²) < 4.78 is 14.3. The van der Waals surface area contributed by atoms with Crippen LogP contribution in [0, 0.1) is 34.5 Å². The van der Waals surface area contributed by atoms with Crippen LogP contribution in [0.2, 0.25) is 0 Å². The van der Waals surface area contributed by atoms with Crippen molar-refractivity contribution in [2.75, 3.05) is 80.5 Å². The van der Waals surface area contributed by atoms with Gasteiger partial charge in [0, 0.05) is 56.9 Å². The molecule has 0 amide bonds. The SMILES string of the molecule is CC(=O)OC1CC2CC[C@@H]3[C@@H](CC[C@]4(C)C(OC(C)=O)C(N5CC[N+](C)(C)CC5)C[C@@H]34)[C@@]2(C)C(Br)(Br)C1N1CC[N+](C)(C)CC1. The van der Waals surface area contributed by atoms with Crippen molar-refractivity contribution in [1.29, 1.82) is 0 Å². The summed E-state index contributed by atoms with van der Waals surface area (Å²) in [6, 6.07) is 0.364. The van der Waals surface area contributed by atoms with Crippen molar-refractivity contribution in [3.05, 3.63) is 0 Å². The fourth-order valence-corrected chi connectivity index (χ4v) is 13.8. The number of ether oxygens (including phenoxy) is 2. The minimum Gasteiger partial charge on any atom is -0.461 e. The molecule has 10 atom stereocenters. The Hall–Kier alpha value is -0.260. The van der Waals surface area contributed by atoms with Crippen molar-refractivity contribution in [1.82, 2.24) is 9.80 Å². The maximum atomic E-state index is 12.6. The highest BCUT2D eigenvalue weighted by molar-refractivity contribution is 9.25. The Balaban J connectivity index is 1.32. The van der Waals surface area contributed by atoms with E-state index in [0.717, 1.165) is 93.4 Å². The van der Waals surface area contributed by atoms with Gasteiger partial charge >= 0.3 is 11.9 Å². The zero-order chi connectivity index (χ0) is 32.7. The Morgan fingerprint density at radius 2 is 1.31 bits per heavy atom. The maximum Gasteiger partial charge on any atom is 0.302 e. The van der Waals surface area contributed by atoms with E-state index in [1.165, 1.54) is 6.42 Å². The lowest BCUT2D eigenvalue weighted by Crippen LogP contribution is -2.72. The molecule has 0 N–H and O–H groups in total. The number of piperazine rings is 2. The van der Waals surface area contributed by atoms with E-state index in [4.69, 9.17) is 9.47 Å². The molecule has 2 heterocycles. The number of carbonyl (C=O) groups is 2. The second-order valence-corrected chi connectivity index (χ2v) is 21.2. The highest BCUT2D eigenvalue weighted by atomic mass is 79.9. The van der Waals surface area contributed by atoms with Gasteiger partial charge in [-0.15, -0.1) is 0 Å². The van der Waals surface area contributed by atoms with Gasteiger partial charge in [0.1, 0.15) is 15.4 Å². The summed E-state index contributed by atoms with van der Waals surface area (Å²) in [5, 5.41) is 0. The summed E-state index contributed by atoms with van der Waals surface area (Å²) >= 11 is 8.86. The van der Waals surface area contributed by atoms with Crippen LogP contribution in [0.3, 0.4) is 0 Å². The van der Waals surface area contributed by atoms with Crippen molar-refractivity contribution in [3.8, 4) is 0 Å². The van der Waals surface area contributed by atoms with E-state index < -0.39 is 0 Å². The summed E-state index contributed by atoms with van der Waals surface area (Å²) in [4.78, 5) is 30.4. The lowest BCUT2D eigenvalue weighted by molar-refractivity contribution is -0.894. The Bertz CT molecular complexity index is 1150. The largest absolute Gasteiger partial charge is 0.461 e. The van der Waals surface area contributed by atoms with Gasteiger partial charge < -0.3 is 18.4 Å². The van der Waals surface area contributed by atoms with E-state index in [-0.39, 0.29) is 44.3 Å². The zero-order valence-electron chi connectivity index (χ0n) is 29.2. The van der Waals surface area contributed by atoms with Crippen LogP contribution in [0.5, 0.6) is 0 Å². The van der Waals surface area contributed by atoms with E-state index in [1.54, 1.807) is 13.8 Å². The van der Waals surface area contributed by atoms with Crippen LogP contribution in [0.1, 0.15) is 66.2 Å². The van der Waals surface area contributed by atoms with Gasteiger partial charge in [-0.1, -0.05) is 45.7 Å². The minimum absolute atomic E-state index is 0.00543. The molecule has 2 aliphatic heterocycles. The van der Waals surface area contributed by atoms with Crippen molar-refractivity contribution < 1.29 is 28.0 Å². The van der Waals surface area contributed by atoms with Crippen molar-refractivity contribution in [2.45, 2.75) is 93.7 Å². The van der Waals surface area contributed by atoms with Crippen LogP contribution >= 0.6 is 31.9 Å². The molecule has 0 aromatic heterocycles. The molecule has 0 spiro atoms. The fourth-order valence-electron chi connectivity index (χ4n) is 11.4. The molecule has 6 rings (SSSR count). The molecule has 2 saturated heterocycles. The van der Waals surface area contributed by atoms with Crippen LogP contribution < -0.4 is 0 Å². The van der Waals surface area contributed by atoms with Crippen molar-refractivity contribution in [2.24, 2.45) is 34.5 Å². The van der Waals surface area contributed by atoms with E-state index in [2.05, 4.69) is 83.7 Å². The quantitative estimate of drug-likeness (QED) is 0.235. The van der Waals surface area contributed by atoms with Crippen molar-refractivity contribution in [3.63, 3.8) is 0 Å². The first-order valence-electron chi connectivity index (χ1n) is 17.7. The number of esters is 2. The monoisotopic (exact) mass is 758 g/mol. The Morgan fingerprint density at radius 3 is 1.87 bits per heavy atom. The van der Waals surface area contributed by atoms with E-state index in [1.807, 2.05) is 0 Å². The normalized spacial score (nSPS) is 45.9. The minimum atomic E-state index is -0.384. The first-order chi connectivity index (χ1) is 20.9. The summed E-state index contributed by atoms with van der Waals surface area (Å²) in [7, 11) is 9.31. The molecule has 8 nitrogen and oxygen atoms in total. The fraction of sp³-hybridized carbons (Fsp3) is 0.943. The number of hydrogen-bond acceptors (Lipinski definition) is 6. The molecule has 6 fully saturated rings. The number of halogens is 2. The van der Waals surface area contributed by atoms with E-state index in [0.29, 0.717) is 29.7 Å². The van der Waals surface area contributed by atoms with Gasteiger partial charge in [-0.2, -0.15) is 0 Å². The van der Waals surface area contributed by atoms with Crippen molar-refractivity contribution >= 4 is 43.8 Å². The summed E-state index contributed by atoms with van der Waals surface area (Å²) in [5.41, 5.74) is -0.0173. The Kier molecular flexibility index (Phi) is 9.19. The van der Waals surface area contributed by atoms with Crippen LogP contribution in [0.15, 0.2) is 0 Å². The number of carbonyl (C=O) groups excluding carboxylic acids is 2. The number of likely N-dealkylation sites (N-methyl/N-ethyl adjacent to an activating group) is 2. The first kappa shape index (κ1) is 34.6. The zero-order valence-corrected chi connectivity index (χ0v) is 32.4. The molecule has 45 heavy (non-hydrogen) atoms. The number of quaternary nitrogens is 2. The third-order valence-electron chi connectivity index (χ3n) is 14.2. The Labute approximate surface area is 289 Å². The highest BCUT2D eigenvalue weighted by Gasteiger charge is 2.71. The van der Waals surface area contributed by atoms with Gasteiger partial charge in [-0.25, -0.2) is 0 Å². The molecule has 256 valence electrons. The van der Waals surface area contributed by atoms with Gasteiger partial charge in [-0.05, 0) is 62.2 Å². The highest BCUT2D eigenvalue weighted by Crippen LogP contribution is 2.72. The van der Waals surface area contributed by atoms with Crippen LogP contribution in [0.25, 0.3) is 0 Å². The average molecular weight is 761 g/mol. The second-order valence-electron chi connectivity index (χ2n) is 17.6. The molecule has 4 aliphatic carbocycles. The second kappa shape index (κ2) is 12.0. The van der Waals surface area contributed by atoms with Gasteiger partial charge in [0.05, 0.1) is 60.4 Å². The molecule has 6 aliphatic rings. The van der Waals surface area contributed by atoms with Gasteiger partial charge in [-0.3, -0.25) is 19.4 Å². The number of hydrogen-bond donors (Lipinski definition) is 0. The summed E-state index contributed by atoms with van der Waals surface area (Å²) in [6.07, 6.45) is 6.47. The van der Waals surface area contributed by atoms with E-state index in [9.17, 15) is 9.59 Å². The van der Waals surface area contributed by atoms with Crippen LogP contribution in [-0.2, 0) is 19.1 Å². The lowest BCUT2D eigenvalue weighted by atomic mass is 9.44. The average Bonchev–Trinajstić information content (AvgIpc) is 3.21. The predicted octanol–water partition coefficient (Wildman–Crippen LogP) is 4.73. The molecule has 0 aromatic rings. The van der Waals surface area contributed by atoms with Gasteiger partial charge in [0.15, 0.2) is 0 Å². The number of fused-ring (bicyclic) bond motifs is 5. The molecule has 0 aromatic carbocycles. The molecule has 5 unspecified atom stereocenters. The molecule has 0 radical (unpaired) electrons. The predicted molar refractivity (Wildman–Crippen MR) is 184 cm³/mol. The number of rotatable bonds is 4. The summed E-state index contributed by atoms with van der Waals surface area (Å²) in [5.74, 6) is 1.81. The van der Waals surface area contributed by atoms with Crippen LogP contribution in [-0.4, -0.2) is 139 Å². The summed E-state index contributed by atoms with van der Waals surface area (Å²) in [6.45, 7) is 16.8. The van der Waals surface area contributed by atoms with Gasteiger partial charge in [0.25, 0.3) is 0 Å². The third-order valence-corrected chi connectivity index (χ3v) is 16.9. The third kappa shape index (κ3) is 5.89. The Morgan fingerprint density at radius 1 is 0.756 bits per heavy atom. The smallest absolute Gasteiger partial charge is 0.302 e. The molecule has 4 saturated carbocycles. The van der Waals surface area contributed by atoms with Gasteiger partial charge in [0.2, 0.25) is 0 Å². The molecule has 10 heteroatoms. The van der Waals surface area contributed by atoms with Crippen LogP contribution in [0.4, 0.5) is 0 Å². The molecular formula is C35H60Br2N4O4+2. The topological polar surface area (TPSA) is 59.1 Å². The van der Waals surface area contributed by atoms with E-state index >= 15 is 0 Å². The first-order valence-corrected chi connectivity index (χ1v) is 19.3. The molecule has 0 bridgehead atoms. The maximum absolute atomic E-state index is 12.6. The number of nitrogens with zero attached hydrogens (tertiary/aromatic N) is 4. The lowest BCUT2D eigenvalue weighted by Gasteiger charge is -2.67. The standard InChI is InChI=1S/C35H60Br2N4O4/c1-23(42)44-30-21-25-9-10-26-27(34(25,4)35(36,37)31(30)39-15-19-41(7,8)20-16-39)11-12-33(3)28(26)22-29(32(33)45-24(2)43)38-13-17-40(5,6)18-14-38/h25-32H,9-22H2,1-8H3/q+2/t25?,26-,27-,28+,29?,30?,31?,32?,33+,34+/m1/s1. The molecular weight excluding hydrogens is 700 g/mol. The number of alkyl halides is 2.